The van der Waals surface area contributed by atoms with Crippen LogP contribution < -0.4 is 5.32 Å². The number of thioether (sulfide) groups is 1. The topological polar surface area (TPSA) is 67.2 Å². The molecule has 2 amide bonds. The molecule has 3 aromatic rings. The smallest absolute Gasteiger partial charge is 0.242 e. The van der Waals surface area contributed by atoms with Crippen LogP contribution in [0.3, 0.4) is 0 Å². The Morgan fingerprint density at radius 3 is 2.42 bits per heavy atom. The van der Waals surface area contributed by atoms with Gasteiger partial charge < -0.3 is 14.8 Å². The van der Waals surface area contributed by atoms with Gasteiger partial charge in [-0.3, -0.25) is 9.59 Å². The molecule has 33 heavy (non-hydrogen) atoms. The van der Waals surface area contributed by atoms with Crippen molar-refractivity contribution >= 4 is 40.3 Å². The van der Waals surface area contributed by atoms with Crippen molar-refractivity contribution in [3.05, 3.63) is 53.6 Å². The molecule has 0 bridgehead atoms. The Morgan fingerprint density at radius 2 is 1.73 bits per heavy atom. The number of rotatable bonds is 6. The van der Waals surface area contributed by atoms with E-state index in [0.717, 1.165) is 47.4 Å². The molecule has 2 heterocycles. The zero-order valence-electron chi connectivity index (χ0n) is 19.8. The van der Waals surface area contributed by atoms with Gasteiger partial charge in [-0.1, -0.05) is 43.8 Å². The fraction of sp³-hybridized carbons (Fsp3) is 0.423. The molecule has 0 spiro atoms. The number of benzene rings is 2. The number of aromatic nitrogens is 2. The van der Waals surface area contributed by atoms with Crippen molar-refractivity contribution in [3.63, 3.8) is 0 Å². The van der Waals surface area contributed by atoms with Gasteiger partial charge in [0.15, 0.2) is 5.16 Å². The maximum absolute atomic E-state index is 13.2. The highest BCUT2D eigenvalue weighted by atomic mass is 32.2. The predicted octanol–water partition coefficient (Wildman–Crippen LogP) is 4.89. The van der Waals surface area contributed by atoms with E-state index >= 15 is 0 Å². The molecular weight excluding hydrogens is 432 g/mol. The van der Waals surface area contributed by atoms with Crippen LogP contribution in [0.25, 0.3) is 11.0 Å². The van der Waals surface area contributed by atoms with E-state index in [2.05, 4.69) is 25.2 Å². The van der Waals surface area contributed by atoms with Crippen molar-refractivity contribution in [3.8, 4) is 0 Å². The number of likely N-dealkylation sites (tertiary alicyclic amines) is 1. The number of carbonyl (C=O) groups excluding carboxylic acids is 2. The lowest BCUT2D eigenvalue weighted by Crippen LogP contribution is -2.44. The highest BCUT2D eigenvalue weighted by Gasteiger charge is 2.26. The molecule has 6 nitrogen and oxygen atoms in total. The molecule has 0 radical (unpaired) electrons. The van der Waals surface area contributed by atoms with Crippen LogP contribution in [0.15, 0.2) is 47.6 Å². The van der Waals surface area contributed by atoms with Crippen molar-refractivity contribution in [1.82, 2.24) is 14.5 Å². The molecule has 1 saturated heterocycles. The van der Waals surface area contributed by atoms with Gasteiger partial charge in [-0.05, 0) is 67.5 Å². The van der Waals surface area contributed by atoms with E-state index in [1.807, 2.05) is 59.7 Å². The molecule has 1 aromatic heterocycles. The lowest BCUT2D eigenvalue weighted by Gasteiger charge is -2.35. The Labute approximate surface area is 199 Å². The third-order valence-electron chi connectivity index (χ3n) is 5.97. The first kappa shape index (κ1) is 23.4. The molecule has 0 unspecified atom stereocenters. The van der Waals surface area contributed by atoms with Gasteiger partial charge in [0.2, 0.25) is 11.8 Å². The molecule has 4 rings (SSSR count). The van der Waals surface area contributed by atoms with Gasteiger partial charge in [-0.15, -0.1) is 0 Å². The first-order valence-corrected chi connectivity index (χ1v) is 12.5. The van der Waals surface area contributed by atoms with Crippen LogP contribution in [0.2, 0.25) is 0 Å². The van der Waals surface area contributed by atoms with Crippen LogP contribution in [0.4, 0.5) is 5.69 Å². The molecule has 1 fully saturated rings. The minimum Gasteiger partial charge on any atom is -0.341 e. The van der Waals surface area contributed by atoms with Gasteiger partial charge in [0.05, 0.1) is 16.8 Å². The predicted molar refractivity (Wildman–Crippen MR) is 135 cm³/mol. The van der Waals surface area contributed by atoms with Crippen LogP contribution >= 0.6 is 11.8 Å². The number of amides is 2. The Balaban J connectivity index is 1.49. The Kier molecular flexibility index (Phi) is 7.08. The number of fused-ring (bicyclic) bond motifs is 1. The van der Waals surface area contributed by atoms with Crippen LogP contribution in [-0.4, -0.2) is 45.1 Å². The van der Waals surface area contributed by atoms with E-state index in [0.29, 0.717) is 17.0 Å². The van der Waals surface area contributed by atoms with E-state index < -0.39 is 0 Å². The van der Waals surface area contributed by atoms with E-state index in [1.54, 1.807) is 0 Å². The zero-order valence-corrected chi connectivity index (χ0v) is 20.6. The lowest BCUT2D eigenvalue weighted by molar-refractivity contribution is -0.134. The number of aryl methyl sites for hydroxylation is 2. The number of piperidine rings is 1. The molecule has 1 aliphatic heterocycles. The second-order valence-corrected chi connectivity index (χ2v) is 10.4. The number of hydrogen-bond donors (Lipinski definition) is 1. The van der Waals surface area contributed by atoms with Crippen LogP contribution in [0, 0.1) is 25.7 Å². The average Bonchev–Trinajstić information content (AvgIpc) is 3.08. The summed E-state index contributed by atoms with van der Waals surface area (Å²) in [5.41, 5.74) is 4.78. The second-order valence-electron chi connectivity index (χ2n) is 9.43. The van der Waals surface area contributed by atoms with Gasteiger partial charge in [0.25, 0.3) is 0 Å². The van der Waals surface area contributed by atoms with Crippen LogP contribution in [0.5, 0.6) is 0 Å². The van der Waals surface area contributed by atoms with Gasteiger partial charge in [0.1, 0.15) is 6.54 Å². The zero-order chi connectivity index (χ0) is 23.5. The number of para-hydroxylation sites is 2. The number of imidazole rings is 1. The van der Waals surface area contributed by atoms with Gasteiger partial charge in [-0.25, -0.2) is 4.98 Å². The first-order valence-electron chi connectivity index (χ1n) is 11.5. The summed E-state index contributed by atoms with van der Waals surface area (Å²) in [6.07, 6.45) is 1.16. The van der Waals surface area contributed by atoms with E-state index in [-0.39, 0.29) is 24.1 Å². The summed E-state index contributed by atoms with van der Waals surface area (Å²) in [4.78, 5) is 32.5. The quantitative estimate of drug-likeness (QED) is 0.528. The van der Waals surface area contributed by atoms with Crippen molar-refractivity contribution in [2.24, 2.45) is 11.8 Å². The number of anilines is 1. The average molecular weight is 465 g/mol. The molecule has 2 atom stereocenters. The Bertz CT molecular complexity index is 1140. The molecule has 2 aromatic carbocycles. The van der Waals surface area contributed by atoms with Crippen LogP contribution in [0.1, 0.15) is 31.4 Å². The van der Waals surface area contributed by atoms with Crippen molar-refractivity contribution < 1.29 is 9.59 Å². The lowest BCUT2D eigenvalue weighted by atomic mass is 9.92. The summed E-state index contributed by atoms with van der Waals surface area (Å²) >= 11 is 1.37. The maximum atomic E-state index is 13.2. The van der Waals surface area contributed by atoms with Crippen molar-refractivity contribution in [2.75, 3.05) is 24.2 Å². The molecule has 1 aliphatic rings. The maximum Gasteiger partial charge on any atom is 0.242 e. The van der Waals surface area contributed by atoms with Crippen LogP contribution in [-0.2, 0) is 16.1 Å². The Hall–Kier alpha value is -2.80. The number of hydrogen-bond acceptors (Lipinski definition) is 4. The van der Waals surface area contributed by atoms with Crippen molar-refractivity contribution in [1.29, 1.82) is 0 Å². The fourth-order valence-electron chi connectivity index (χ4n) is 4.79. The standard InChI is InChI=1S/C26H32N4O2S/c1-17-9-18(2)12-21(11-17)27-24(31)16-33-26-28-22-7-5-6-8-23(22)30(26)15-25(32)29-13-19(3)10-20(4)14-29/h5-9,11-12,19-20H,10,13-16H2,1-4H3,(H,27,31)/t19-,20-/m1/s1. The molecule has 174 valence electrons. The molecule has 7 heteroatoms. The largest absolute Gasteiger partial charge is 0.341 e. The highest BCUT2D eigenvalue weighted by molar-refractivity contribution is 7.99. The van der Waals surface area contributed by atoms with Gasteiger partial charge >= 0.3 is 0 Å². The first-order chi connectivity index (χ1) is 15.8. The minimum absolute atomic E-state index is 0.0892. The number of nitrogens with zero attached hydrogens (tertiary/aromatic N) is 3. The number of carbonyl (C=O) groups is 2. The highest BCUT2D eigenvalue weighted by Crippen LogP contribution is 2.26. The van der Waals surface area contributed by atoms with Gasteiger partial charge in [0, 0.05) is 18.8 Å². The van der Waals surface area contributed by atoms with E-state index in [9.17, 15) is 9.59 Å². The summed E-state index contributed by atoms with van der Waals surface area (Å²) in [6, 6.07) is 13.8. The monoisotopic (exact) mass is 464 g/mol. The second kappa shape index (κ2) is 10.00. The van der Waals surface area contributed by atoms with E-state index in [4.69, 9.17) is 4.98 Å². The molecule has 1 N–H and O–H groups in total. The third-order valence-corrected chi connectivity index (χ3v) is 6.95. The summed E-state index contributed by atoms with van der Waals surface area (Å²) in [5.74, 6) is 1.27. The molecular formula is C26H32N4O2S. The summed E-state index contributed by atoms with van der Waals surface area (Å²) in [6.45, 7) is 10.3. The fourth-order valence-corrected chi connectivity index (χ4v) is 5.61. The summed E-state index contributed by atoms with van der Waals surface area (Å²) in [5, 5.41) is 3.67. The third kappa shape index (κ3) is 5.77. The van der Waals surface area contributed by atoms with E-state index in [1.165, 1.54) is 11.8 Å². The summed E-state index contributed by atoms with van der Waals surface area (Å²) < 4.78 is 1.95. The number of nitrogens with one attached hydrogen (secondary N) is 1. The molecule has 0 saturated carbocycles. The normalized spacial score (nSPS) is 18.5. The Morgan fingerprint density at radius 1 is 1.06 bits per heavy atom. The summed E-state index contributed by atoms with van der Waals surface area (Å²) in [7, 11) is 0. The molecule has 0 aliphatic carbocycles. The SMILES string of the molecule is Cc1cc(C)cc(NC(=O)CSc2nc3ccccc3n2CC(=O)N2C[C@H](C)C[C@@H](C)C2)c1. The van der Waals surface area contributed by atoms with Crippen molar-refractivity contribution in [2.45, 2.75) is 45.8 Å². The minimum atomic E-state index is -0.0892. The van der Waals surface area contributed by atoms with Gasteiger partial charge in [-0.2, -0.15) is 0 Å².